The number of rotatable bonds is 0. The van der Waals surface area contributed by atoms with Crippen LogP contribution in [-0.4, -0.2) is 12.4 Å². The normalized spacial score (nSPS) is 26.3. The highest BCUT2D eigenvalue weighted by Crippen LogP contribution is 2.08. The van der Waals surface area contributed by atoms with Crippen LogP contribution in [0.2, 0.25) is 0 Å². The highest BCUT2D eigenvalue weighted by Gasteiger charge is 2.09. The predicted octanol–water partition coefficient (Wildman–Crippen LogP) is 1.40. The van der Waals surface area contributed by atoms with Crippen LogP contribution in [0.5, 0.6) is 0 Å². The molecule has 0 amide bonds. The largest absolute Gasteiger partial charge is 0.374 e. The van der Waals surface area contributed by atoms with Gasteiger partial charge in [0.25, 0.3) is 0 Å². The monoisotopic (exact) mass is 148 g/mol. The molecule has 1 saturated heterocycles. The van der Waals surface area contributed by atoms with E-state index in [1.165, 1.54) is 6.42 Å². The number of halogens is 1. The molecule has 0 saturated carbocycles. The summed E-state index contributed by atoms with van der Waals surface area (Å²) in [6, 6.07) is 0. The van der Waals surface area contributed by atoms with Gasteiger partial charge in [0, 0.05) is 13.0 Å². The number of piperidine rings is 1. The Kier molecular flexibility index (Phi) is 3.62. The van der Waals surface area contributed by atoms with Crippen LogP contribution in [-0.2, 0) is 0 Å². The smallest absolute Gasteiger partial charge is 0.0931 e. The summed E-state index contributed by atoms with van der Waals surface area (Å²) in [5.41, 5.74) is 0. The lowest BCUT2D eigenvalue weighted by atomic mass is 10.0. The fourth-order valence-electron chi connectivity index (χ4n) is 0.879. The van der Waals surface area contributed by atoms with Crippen molar-refractivity contribution in [3.8, 4) is 0 Å². The van der Waals surface area contributed by atoms with E-state index in [0.717, 1.165) is 18.9 Å². The van der Waals surface area contributed by atoms with Crippen LogP contribution >= 0.6 is 12.4 Å². The van der Waals surface area contributed by atoms with E-state index in [4.69, 9.17) is 5.41 Å². The molecule has 1 fully saturated rings. The van der Waals surface area contributed by atoms with Crippen molar-refractivity contribution < 1.29 is 0 Å². The lowest BCUT2D eigenvalue weighted by Crippen LogP contribution is -2.32. The van der Waals surface area contributed by atoms with Crippen molar-refractivity contribution in [1.29, 1.82) is 5.41 Å². The van der Waals surface area contributed by atoms with E-state index in [9.17, 15) is 0 Å². The van der Waals surface area contributed by atoms with Gasteiger partial charge in [-0.3, -0.25) is 5.41 Å². The molecule has 0 unspecified atom stereocenters. The molecule has 0 aromatic rings. The first-order valence-electron chi connectivity index (χ1n) is 3.10. The molecule has 2 N–H and O–H groups in total. The standard InChI is InChI=1S/C6H12N2.ClH/c1-5-2-3-6(7)8-4-5;/h5H,2-4H2,1H3,(H2,7,8);1H/t5-;/m1./s1. The van der Waals surface area contributed by atoms with Gasteiger partial charge in [-0.05, 0) is 12.3 Å². The molecule has 3 heteroatoms. The Morgan fingerprint density at radius 2 is 2.33 bits per heavy atom. The second-order valence-corrected chi connectivity index (χ2v) is 2.50. The Morgan fingerprint density at radius 1 is 1.67 bits per heavy atom. The molecule has 0 aliphatic carbocycles. The Bertz CT molecular complexity index is 93.2. The van der Waals surface area contributed by atoms with Crippen LogP contribution in [0.25, 0.3) is 0 Å². The molecule has 0 aromatic heterocycles. The second kappa shape index (κ2) is 3.72. The average Bonchev–Trinajstić information content (AvgIpc) is 1.77. The molecule has 1 heterocycles. The molecule has 1 rings (SSSR count). The highest BCUT2D eigenvalue weighted by atomic mass is 35.5. The van der Waals surface area contributed by atoms with Crippen molar-refractivity contribution in [1.82, 2.24) is 5.32 Å². The average molecular weight is 149 g/mol. The predicted molar refractivity (Wildman–Crippen MR) is 41.4 cm³/mol. The van der Waals surface area contributed by atoms with Crippen molar-refractivity contribution in [3.05, 3.63) is 0 Å². The molecule has 9 heavy (non-hydrogen) atoms. The van der Waals surface area contributed by atoms with Crippen LogP contribution in [0.15, 0.2) is 0 Å². The summed E-state index contributed by atoms with van der Waals surface area (Å²) in [7, 11) is 0. The first-order valence-corrected chi connectivity index (χ1v) is 3.10. The summed E-state index contributed by atoms with van der Waals surface area (Å²) in [5, 5.41) is 10.2. The quantitative estimate of drug-likeness (QED) is 0.536. The number of hydrogen-bond donors (Lipinski definition) is 2. The molecule has 0 radical (unpaired) electrons. The second-order valence-electron chi connectivity index (χ2n) is 2.50. The maximum atomic E-state index is 7.17. The molecule has 1 aliphatic rings. The van der Waals surface area contributed by atoms with Crippen molar-refractivity contribution in [2.75, 3.05) is 6.54 Å². The molecular formula is C6H13ClN2. The van der Waals surface area contributed by atoms with Crippen LogP contribution in [0.4, 0.5) is 0 Å². The van der Waals surface area contributed by atoms with Gasteiger partial charge in [0.05, 0.1) is 5.84 Å². The molecule has 2 nitrogen and oxygen atoms in total. The number of amidine groups is 1. The zero-order valence-corrected chi connectivity index (χ0v) is 6.42. The van der Waals surface area contributed by atoms with Crippen LogP contribution in [0.3, 0.4) is 0 Å². The minimum absolute atomic E-state index is 0. The maximum Gasteiger partial charge on any atom is 0.0931 e. The van der Waals surface area contributed by atoms with Gasteiger partial charge in [-0.2, -0.15) is 0 Å². The zero-order valence-electron chi connectivity index (χ0n) is 5.61. The van der Waals surface area contributed by atoms with Crippen LogP contribution in [0.1, 0.15) is 19.8 Å². The number of nitrogens with one attached hydrogen (secondary N) is 2. The van der Waals surface area contributed by atoms with Gasteiger partial charge >= 0.3 is 0 Å². The van der Waals surface area contributed by atoms with E-state index >= 15 is 0 Å². The Hall–Kier alpha value is -0.240. The summed E-state index contributed by atoms with van der Waals surface area (Å²) in [6.45, 7) is 3.21. The van der Waals surface area contributed by atoms with Crippen LogP contribution in [0, 0.1) is 11.3 Å². The lowest BCUT2D eigenvalue weighted by Gasteiger charge is -2.19. The molecule has 1 aliphatic heterocycles. The third kappa shape index (κ3) is 2.70. The van der Waals surface area contributed by atoms with E-state index in [-0.39, 0.29) is 12.4 Å². The number of hydrogen-bond acceptors (Lipinski definition) is 1. The zero-order chi connectivity index (χ0) is 5.98. The lowest BCUT2D eigenvalue weighted by molar-refractivity contribution is 0.495. The fraction of sp³-hybridized carbons (Fsp3) is 0.833. The van der Waals surface area contributed by atoms with Crippen molar-refractivity contribution in [2.45, 2.75) is 19.8 Å². The molecule has 54 valence electrons. The van der Waals surface area contributed by atoms with E-state index < -0.39 is 0 Å². The van der Waals surface area contributed by atoms with E-state index in [1.807, 2.05) is 0 Å². The minimum atomic E-state index is 0. The summed E-state index contributed by atoms with van der Waals surface area (Å²) < 4.78 is 0. The summed E-state index contributed by atoms with van der Waals surface area (Å²) >= 11 is 0. The van der Waals surface area contributed by atoms with E-state index in [2.05, 4.69) is 12.2 Å². The van der Waals surface area contributed by atoms with Crippen molar-refractivity contribution >= 4 is 18.2 Å². The third-order valence-corrected chi connectivity index (χ3v) is 1.55. The molecule has 0 aromatic carbocycles. The van der Waals surface area contributed by atoms with E-state index in [1.54, 1.807) is 0 Å². The SMILES string of the molecule is C[C@@H]1CCC(=N)NC1.Cl. The minimum Gasteiger partial charge on any atom is -0.374 e. The third-order valence-electron chi connectivity index (χ3n) is 1.55. The first kappa shape index (κ1) is 8.76. The van der Waals surface area contributed by atoms with Crippen molar-refractivity contribution in [2.24, 2.45) is 5.92 Å². The summed E-state index contributed by atoms with van der Waals surface area (Å²) in [6.07, 6.45) is 2.13. The van der Waals surface area contributed by atoms with Gasteiger partial charge in [-0.15, -0.1) is 12.4 Å². The van der Waals surface area contributed by atoms with Gasteiger partial charge in [0.1, 0.15) is 0 Å². The van der Waals surface area contributed by atoms with Gasteiger partial charge < -0.3 is 5.32 Å². The highest BCUT2D eigenvalue weighted by molar-refractivity contribution is 5.85. The summed E-state index contributed by atoms with van der Waals surface area (Å²) in [5.74, 6) is 1.48. The van der Waals surface area contributed by atoms with E-state index in [0.29, 0.717) is 5.84 Å². The topological polar surface area (TPSA) is 35.9 Å². The molecule has 0 bridgehead atoms. The maximum absolute atomic E-state index is 7.17. The van der Waals surface area contributed by atoms with Gasteiger partial charge in [-0.1, -0.05) is 6.92 Å². The van der Waals surface area contributed by atoms with Gasteiger partial charge in [0.2, 0.25) is 0 Å². The summed E-state index contributed by atoms with van der Waals surface area (Å²) in [4.78, 5) is 0. The van der Waals surface area contributed by atoms with Gasteiger partial charge in [-0.25, -0.2) is 0 Å². The van der Waals surface area contributed by atoms with Crippen LogP contribution < -0.4 is 5.32 Å². The first-order chi connectivity index (χ1) is 3.79. The fourth-order valence-corrected chi connectivity index (χ4v) is 0.879. The molecular weight excluding hydrogens is 136 g/mol. The Balaban J connectivity index is 0.000000640. The molecule has 0 spiro atoms. The molecule has 1 atom stereocenters. The Morgan fingerprint density at radius 3 is 2.67 bits per heavy atom. The van der Waals surface area contributed by atoms with Crippen molar-refractivity contribution in [3.63, 3.8) is 0 Å². The Labute approximate surface area is 61.9 Å². The van der Waals surface area contributed by atoms with Gasteiger partial charge in [0.15, 0.2) is 0 Å².